The van der Waals surface area contributed by atoms with Gasteiger partial charge in [-0.3, -0.25) is 5.04 Å². The molecule has 2 aromatic rings. The number of likely N-dealkylation sites (N-methyl/N-ethyl adjacent to an activating group) is 1. The fraction of sp³-hybridized carbons (Fsp3) is 0.400. The van der Waals surface area contributed by atoms with E-state index in [0.717, 1.165) is 37.6 Å². The lowest BCUT2D eigenvalue weighted by atomic mass is 9.81. The average molecular weight is 665 g/mol. The molecule has 0 bridgehead atoms. The van der Waals surface area contributed by atoms with E-state index in [9.17, 15) is 13.7 Å². The van der Waals surface area contributed by atoms with Crippen LogP contribution in [0.1, 0.15) is 65.5 Å². The third-order valence-corrected chi connectivity index (χ3v) is 12.5. The van der Waals surface area contributed by atoms with Crippen LogP contribution >= 0.6 is 12.2 Å². The van der Waals surface area contributed by atoms with Crippen molar-refractivity contribution < 1.29 is 27.6 Å². The van der Waals surface area contributed by atoms with Crippen LogP contribution in [0.2, 0.25) is 0 Å². The van der Waals surface area contributed by atoms with Crippen LogP contribution in [-0.4, -0.2) is 53.9 Å². The number of fused-ring (bicyclic) bond motifs is 2. The topological polar surface area (TPSA) is 88.4 Å². The maximum absolute atomic E-state index is 14.1. The molecule has 1 aliphatic carbocycles. The lowest BCUT2D eigenvalue weighted by molar-refractivity contribution is -0.777. The van der Waals surface area contributed by atoms with Crippen molar-refractivity contribution in [3.05, 3.63) is 107 Å². The summed E-state index contributed by atoms with van der Waals surface area (Å²) in [5, 5.41) is 14.7. The minimum Gasteiger partial charge on any atom is -0.691 e. The molecule has 46 heavy (non-hydrogen) atoms. The predicted molar refractivity (Wildman–Crippen MR) is 183 cm³/mol. The van der Waals surface area contributed by atoms with E-state index in [1.807, 2.05) is 24.3 Å². The molecule has 0 atom stereocenters. The maximum Gasteiger partial charge on any atom is 0.315 e. The van der Waals surface area contributed by atoms with Gasteiger partial charge in [0.05, 0.1) is 11.1 Å². The number of hydrogen-bond donors (Lipinski definition) is 0. The summed E-state index contributed by atoms with van der Waals surface area (Å²) in [6.07, 6.45) is 9.39. The molecule has 11 heteroatoms. The zero-order chi connectivity index (χ0) is 33.4. The van der Waals surface area contributed by atoms with Gasteiger partial charge in [0.1, 0.15) is 7.05 Å². The van der Waals surface area contributed by atoms with Crippen molar-refractivity contribution in [1.29, 1.82) is 0 Å². The number of anilines is 1. The van der Waals surface area contributed by atoms with Crippen LogP contribution in [0, 0.1) is 0 Å². The number of nitrogens with zero attached hydrogens (tertiary/aromatic N) is 4. The first-order valence-corrected chi connectivity index (χ1v) is 17.7. The van der Waals surface area contributed by atoms with Crippen molar-refractivity contribution in [1.82, 2.24) is 8.02 Å². The molecule has 3 aliphatic rings. The molecule has 0 fully saturated rings. The largest absolute Gasteiger partial charge is 0.691 e. The van der Waals surface area contributed by atoms with Gasteiger partial charge in [-0.2, -0.15) is 21.0 Å². The molecule has 0 radical (unpaired) electrons. The lowest BCUT2D eigenvalue weighted by Crippen LogP contribution is -2.40. The van der Waals surface area contributed by atoms with Crippen molar-refractivity contribution in [3.8, 4) is 0 Å². The fourth-order valence-corrected chi connectivity index (χ4v) is 9.50. The molecule has 246 valence electrons. The highest BCUT2D eigenvalue weighted by Crippen LogP contribution is 2.47. The summed E-state index contributed by atoms with van der Waals surface area (Å²) < 4.78 is 37.5. The van der Waals surface area contributed by atoms with Gasteiger partial charge in [-0.25, -0.2) is 0 Å². The Morgan fingerprint density at radius 2 is 1.61 bits per heavy atom. The molecule has 0 amide bonds. The molecule has 0 unspecified atom stereocenters. The van der Waals surface area contributed by atoms with Crippen LogP contribution in [-0.2, 0) is 30.4 Å². The van der Waals surface area contributed by atoms with Gasteiger partial charge in [0.25, 0.3) is 0 Å². The quantitative estimate of drug-likeness (QED) is 0.0928. The average Bonchev–Trinajstić information content (AvgIpc) is 3.57. The van der Waals surface area contributed by atoms with Gasteiger partial charge >= 0.3 is 10.2 Å². The Hall–Kier alpha value is -3.19. The second-order valence-electron chi connectivity index (χ2n) is 12.8. The Morgan fingerprint density at radius 3 is 2.24 bits per heavy atom. The first-order valence-electron chi connectivity index (χ1n) is 15.6. The highest BCUT2D eigenvalue weighted by molar-refractivity contribution is 8.05. The SMILES string of the molecule is CCN(CC)S(=O)(=O)N(SOO[O-])C1=C(/C=C/C2=[N+](C)c3ccccc3C2(C)C)CC/C1=C\C=C1\N(C)c2ccccc2C1(C)C. The molecule has 2 aromatic carbocycles. The minimum absolute atomic E-state index is 0.251. The molecule has 9 nitrogen and oxygen atoms in total. The van der Waals surface area contributed by atoms with Crippen LogP contribution in [0.25, 0.3) is 0 Å². The Labute approximate surface area is 278 Å². The summed E-state index contributed by atoms with van der Waals surface area (Å²) in [5.74, 6) is 0. The first kappa shape index (κ1) is 34.2. The van der Waals surface area contributed by atoms with Gasteiger partial charge in [0, 0.05) is 54.6 Å². The van der Waals surface area contributed by atoms with Gasteiger partial charge in [-0.15, -0.1) is 4.33 Å². The number of para-hydroxylation sites is 2. The van der Waals surface area contributed by atoms with Crippen molar-refractivity contribution in [2.45, 2.75) is 65.2 Å². The second-order valence-corrected chi connectivity index (χ2v) is 15.4. The molecule has 0 saturated heterocycles. The van der Waals surface area contributed by atoms with Gasteiger partial charge in [-0.05, 0) is 55.5 Å². The highest BCUT2D eigenvalue weighted by Gasteiger charge is 2.43. The smallest absolute Gasteiger partial charge is 0.315 e. The summed E-state index contributed by atoms with van der Waals surface area (Å²) >= 11 is 0.377. The molecule has 2 heterocycles. The summed E-state index contributed by atoms with van der Waals surface area (Å²) in [5.41, 5.74) is 8.54. The third kappa shape index (κ3) is 5.78. The normalized spacial score (nSPS) is 20.6. The first-order chi connectivity index (χ1) is 21.8. The van der Waals surface area contributed by atoms with Gasteiger partial charge in [0.2, 0.25) is 5.69 Å². The van der Waals surface area contributed by atoms with Crippen LogP contribution in [0.5, 0.6) is 0 Å². The molecular weight excluding hydrogens is 621 g/mol. The Bertz CT molecular complexity index is 1770. The van der Waals surface area contributed by atoms with E-state index in [0.29, 0.717) is 30.8 Å². The molecular formula is C35H44N4O5S2. The van der Waals surface area contributed by atoms with Crippen LogP contribution < -0.4 is 10.2 Å². The Balaban J connectivity index is 1.65. The van der Waals surface area contributed by atoms with Crippen molar-refractivity contribution in [2.75, 3.05) is 32.1 Å². The van der Waals surface area contributed by atoms with Crippen molar-refractivity contribution in [2.24, 2.45) is 0 Å². The highest BCUT2D eigenvalue weighted by atomic mass is 32.3. The zero-order valence-electron chi connectivity index (χ0n) is 27.9. The predicted octanol–water partition coefficient (Wildman–Crippen LogP) is 6.21. The van der Waals surface area contributed by atoms with Gasteiger partial charge in [-0.1, -0.05) is 76.2 Å². The van der Waals surface area contributed by atoms with Crippen molar-refractivity contribution in [3.63, 3.8) is 0 Å². The molecule has 0 N–H and O–H groups in total. The molecule has 0 saturated carbocycles. The van der Waals surface area contributed by atoms with E-state index in [1.165, 1.54) is 15.4 Å². The summed E-state index contributed by atoms with van der Waals surface area (Å²) in [6, 6.07) is 16.7. The number of rotatable bonds is 11. The van der Waals surface area contributed by atoms with Gasteiger partial charge < -0.3 is 10.2 Å². The summed E-state index contributed by atoms with van der Waals surface area (Å²) in [7, 11) is -0.000143. The van der Waals surface area contributed by atoms with Gasteiger partial charge in [0.15, 0.2) is 17.9 Å². The Morgan fingerprint density at radius 1 is 0.957 bits per heavy atom. The fourth-order valence-electron chi connectivity index (χ4n) is 7.12. The van der Waals surface area contributed by atoms with E-state index in [2.05, 4.69) is 105 Å². The number of benzene rings is 2. The molecule has 0 aromatic heterocycles. The van der Waals surface area contributed by atoms with E-state index >= 15 is 0 Å². The monoisotopic (exact) mass is 664 g/mol. The molecule has 0 spiro atoms. The van der Waals surface area contributed by atoms with E-state index < -0.39 is 10.2 Å². The molecule has 5 rings (SSSR count). The van der Waals surface area contributed by atoms with E-state index in [1.54, 1.807) is 13.8 Å². The summed E-state index contributed by atoms with van der Waals surface area (Å²) in [4.78, 5) is 2.19. The summed E-state index contributed by atoms with van der Waals surface area (Å²) in [6.45, 7) is 12.8. The standard InChI is InChI=1S/C35H44N4O5S2/c1-9-38(10-2)46(41,42)39(45-44-43-40)33-25(21-23-31-34(3,4)27-15-11-13-17-29(27)36(31)7)19-20-26(33)22-24-32-35(5,6)28-16-12-14-18-30(28)37(32)8/h11-18,21-24H,9-10,19-20H2,1-8H3. The second kappa shape index (κ2) is 13.1. The maximum atomic E-state index is 14.1. The van der Waals surface area contributed by atoms with Crippen LogP contribution in [0.4, 0.5) is 11.4 Å². The third-order valence-electron chi connectivity index (χ3n) is 9.59. The lowest BCUT2D eigenvalue weighted by Gasteiger charge is -2.30. The van der Waals surface area contributed by atoms with E-state index in [-0.39, 0.29) is 23.9 Å². The Kier molecular flexibility index (Phi) is 9.75. The van der Waals surface area contributed by atoms with E-state index in [4.69, 9.17) is 4.33 Å². The number of hydrogen-bond acceptors (Lipinski definition) is 7. The zero-order valence-corrected chi connectivity index (χ0v) is 29.5. The van der Waals surface area contributed by atoms with Crippen LogP contribution in [0.15, 0.2) is 95.4 Å². The minimum atomic E-state index is -4.11. The molecule has 2 aliphatic heterocycles. The van der Waals surface area contributed by atoms with Crippen LogP contribution in [0.3, 0.4) is 0 Å². The number of allylic oxidation sites excluding steroid dienone is 7. The van der Waals surface area contributed by atoms with Crippen molar-refractivity contribution >= 4 is 39.5 Å².